The molecule has 162 valence electrons. The molecule has 7 heteroatoms. The minimum Gasteiger partial charge on any atom is -0.316 e. The molecule has 0 aliphatic heterocycles. The highest BCUT2D eigenvalue weighted by Gasteiger charge is 2.18. The van der Waals surface area contributed by atoms with Crippen LogP contribution in [0.3, 0.4) is 0 Å². The van der Waals surface area contributed by atoms with Crippen molar-refractivity contribution in [2.24, 2.45) is 5.10 Å². The van der Waals surface area contributed by atoms with Gasteiger partial charge in [-0.15, -0.1) is 11.8 Å². The van der Waals surface area contributed by atoms with Crippen molar-refractivity contribution in [2.45, 2.75) is 44.8 Å². The molecule has 31 heavy (non-hydrogen) atoms. The molecule has 2 aromatic carbocycles. The zero-order valence-corrected chi connectivity index (χ0v) is 21.3. The van der Waals surface area contributed by atoms with Crippen LogP contribution in [-0.4, -0.2) is 21.9 Å². The quantitative estimate of drug-likeness (QED) is 0.223. The van der Waals surface area contributed by atoms with E-state index in [1.54, 1.807) is 6.21 Å². The normalized spacial score (nSPS) is 12.4. The lowest BCUT2D eigenvalue weighted by atomic mass is 10.1. The highest BCUT2D eigenvalue weighted by atomic mass is 79.9. The first kappa shape index (κ1) is 23.6. The van der Waals surface area contributed by atoms with Gasteiger partial charge in [0.05, 0.1) is 11.5 Å². The summed E-state index contributed by atoms with van der Waals surface area (Å²) in [5.74, 6) is -0.157. The highest BCUT2D eigenvalue weighted by molar-refractivity contribution is 9.10. The molecule has 0 aliphatic rings. The van der Waals surface area contributed by atoms with Crippen molar-refractivity contribution >= 4 is 51.4 Å². The number of aryl methyl sites for hydroxylation is 2. The zero-order chi connectivity index (χ0) is 22.7. The molecular formula is C24H25BrClN3OS. The molecule has 4 nitrogen and oxygen atoms in total. The Morgan fingerprint density at radius 1 is 1.13 bits per heavy atom. The van der Waals surface area contributed by atoms with Gasteiger partial charge in [-0.25, -0.2) is 5.43 Å². The van der Waals surface area contributed by atoms with Crippen molar-refractivity contribution in [2.75, 3.05) is 0 Å². The van der Waals surface area contributed by atoms with Crippen LogP contribution in [0.25, 0.3) is 5.69 Å². The van der Waals surface area contributed by atoms with Crippen molar-refractivity contribution in [1.29, 1.82) is 0 Å². The molecule has 1 N–H and O–H groups in total. The second-order valence-electron chi connectivity index (χ2n) is 7.47. The van der Waals surface area contributed by atoms with Gasteiger partial charge >= 0.3 is 0 Å². The molecule has 1 heterocycles. The monoisotopic (exact) mass is 517 g/mol. The topological polar surface area (TPSA) is 46.4 Å². The molecule has 1 amide bonds. The maximum atomic E-state index is 12.5. The van der Waals surface area contributed by atoms with Crippen molar-refractivity contribution in [3.8, 4) is 5.69 Å². The lowest BCUT2D eigenvalue weighted by Crippen LogP contribution is -2.26. The smallest absolute Gasteiger partial charge is 0.253 e. The molecule has 0 radical (unpaired) electrons. The molecule has 0 aliphatic carbocycles. The fourth-order valence-electron chi connectivity index (χ4n) is 3.41. The Labute approximate surface area is 201 Å². The van der Waals surface area contributed by atoms with E-state index in [4.69, 9.17) is 11.6 Å². The van der Waals surface area contributed by atoms with Crippen LogP contribution in [0.2, 0.25) is 5.02 Å². The minimum atomic E-state index is -0.288. The molecule has 0 bridgehead atoms. The van der Waals surface area contributed by atoms with Gasteiger partial charge < -0.3 is 4.57 Å². The van der Waals surface area contributed by atoms with Gasteiger partial charge in [0.15, 0.2) is 0 Å². The highest BCUT2D eigenvalue weighted by Crippen LogP contribution is 2.31. The van der Waals surface area contributed by atoms with E-state index in [9.17, 15) is 4.79 Å². The third kappa shape index (κ3) is 5.43. The molecular weight excluding hydrogens is 494 g/mol. The summed E-state index contributed by atoms with van der Waals surface area (Å²) in [6.07, 6.45) is 1.70. The number of nitrogens with one attached hydrogen (secondary N) is 1. The number of aromatic nitrogens is 1. The first-order valence-electron chi connectivity index (χ1n) is 9.89. The van der Waals surface area contributed by atoms with Crippen molar-refractivity contribution in [1.82, 2.24) is 9.99 Å². The lowest BCUT2D eigenvalue weighted by molar-refractivity contribution is -0.120. The standard InChI is InChI=1S/C24H25BrClN3OS/c1-14-6-11-22(15(2)12-14)29-16(3)21(23(25)17(29)4)13-27-28-24(30)18(5)31-20-9-7-19(26)8-10-20/h6-13,18H,1-5H3,(H,28,30)/b27-13-/t18-/m0/s1. The van der Waals surface area contributed by atoms with Crippen LogP contribution in [0.4, 0.5) is 0 Å². The van der Waals surface area contributed by atoms with Crippen molar-refractivity contribution in [3.05, 3.63) is 80.0 Å². The predicted octanol–water partition coefficient (Wildman–Crippen LogP) is 6.76. The van der Waals surface area contributed by atoms with Gasteiger partial charge in [0.2, 0.25) is 0 Å². The average Bonchev–Trinajstić information content (AvgIpc) is 2.93. The number of thioether (sulfide) groups is 1. The minimum absolute atomic E-state index is 0.157. The van der Waals surface area contributed by atoms with E-state index in [1.165, 1.54) is 22.9 Å². The molecule has 0 saturated heterocycles. The second kappa shape index (κ2) is 10.1. The Balaban J connectivity index is 1.75. The van der Waals surface area contributed by atoms with Crippen LogP contribution in [0.5, 0.6) is 0 Å². The molecule has 0 fully saturated rings. The number of benzene rings is 2. The lowest BCUT2D eigenvalue weighted by Gasteiger charge is -2.13. The molecule has 1 aromatic heterocycles. The number of hydrogen-bond acceptors (Lipinski definition) is 3. The summed E-state index contributed by atoms with van der Waals surface area (Å²) in [4.78, 5) is 13.4. The van der Waals surface area contributed by atoms with Gasteiger partial charge in [-0.05, 0) is 86.4 Å². The van der Waals surface area contributed by atoms with E-state index in [0.717, 1.165) is 32.0 Å². The van der Waals surface area contributed by atoms with Crippen LogP contribution >= 0.6 is 39.3 Å². The first-order chi connectivity index (χ1) is 14.7. The largest absolute Gasteiger partial charge is 0.316 e. The Hall–Kier alpha value is -2.02. The third-order valence-corrected chi connectivity index (χ3v) is 7.44. The van der Waals surface area contributed by atoms with Gasteiger partial charge in [0, 0.05) is 37.0 Å². The number of amides is 1. The van der Waals surface area contributed by atoms with Gasteiger partial charge in [0.1, 0.15) is 0 Å². The SMILES string of the molecule is Cc1ccc(-n2c(C)c(Br)c(/C=N\NC(=O)[C@H](C)Sc3ccc(Cl)cc3)c2C)c(C)c1. The van der Waals surface area contributed by atoms with Crippen molar-refractivity contribution in [3.63, 3.8) is 0 Å². The number of rotatable bonds is 6. The van der Waals surface area contributed by atoms with E-state index < -0.39 is 0 Å². The Bertz CT molecular complexity index is 1140. The zero-order valence-electron chi connectivity index (χ0n) is 18.2. The summed E-state index contributed by atoms with van der Waals surface area (Å²) in [7, 11) is 0. The summed E-state index contributed by atoms with van der Waals surface area (Å²) in [5.41, 5.74) is 9.32. The number of halogens is 2. The van der Waals surface area contributed by atoms with E-state index in [2.05, 4.69) is 76.9 Å². The average molecular weight is 519 g/mol. The Morgan fingerprint density at radius 2 is 1.81 bits per heavy atom. The summed E-state index contributed by atoms with van der Waals surface area (Å²) >= 11 is 11.1. The molecule has 3 rings (SSSR count). The van der Waals surface area contributed by atoms with Gasteiger partial charge in [-0.1, -0.05) is 29.3 Å². The van der Waals surface area contributed by atoms with Crippen molar-refractivity contribution < 1.29 is 4.79 Å². The van der Waals surface area contributed by atoms with Gasteiger partial charge in [-0.2, -0.15) is 5.10 Å². The molecule has 0 unspecified atom stereocenters. The summed E-state index contributed by atoms with van der Waals surface area (Å²) in [6.45, 7) is 10.2. The Morgan fingerprint density at radius 3 is 2.45 bits per heavy atom. The third-order valence-electron chi connectivity index (χ3n) is 5.07. The van der Waals surface area contributed by atoms with Crippen LogP contribution in [0.1, 0.15) is 35.0 Å². The molecule has 3 aromatic rings. The molecule has 0 saturated carbocycles. The van der Waals surface area contributed by atoms with Crippen LogP contribution in [-0.2, 0) is 4.79 Å². The maximum absolute atomic E-state index is 12.5. The van der Waals surface area contributed by atoms with Crippen LogP contribution in [0.15, 0.2) is 56.9 Å². The molecule has 1 atom stereocenters. The van der Waals surface area contributed by atoms with E-state index in [1.807, 2.05) is 31.2 Å². The fraction of sp³-hybridized carbons (Fsp3) is 0.250. The molecule has 0 spiro atoms. The number of carbonyl (C=O) groups excluding carboxylic acids is 1. The fourth-order valence-corrected chi connectivity index (χ4v) is 4.97. The van der Waals surface area contributed by atoms with E-state index in [0.29, 0.717) is 5.02 Å². The van der Waals surface area contributed by atoms with Crippen LogP contribution in [0, 0.1) is 27.7 Å². The van der Waals surface area contributed by atoms with E-state index >= 15 is 0 Å². The number of hydrogen-bond donors (Lipinski definition) is 1. The second-order valence-corrected chi connectivity index (χ2v) is 10.1. The Kier molecular flexibility index (Phi) is 7.68. The number of carbonyl (C=O) groups is 1. The maximum Gasteiger partial charge on any atom is 0.253 e. The van der Waals surface area contributed by atoms with Gasteiger partial charge in [0.25, 0.3) is 5.91 Å². The summed E-state index contributed by atoms with van der Waals surface area (Å²) < 4.78 is 3.17. The van der Waals surface area contributed by atoms with Gasteiger partial charge in [-0.3, -0.25) is 4.79 Å². The predicted molar refractivity (Wildman–Crippen MR) is 135 cm³/mol. The first-order valence-corrected chi connectivity index (χ1v) is 11.9. The number of hydrazone groups is 1. The summed E-state index contributed by atoms with van der Waals surface area (Å²) in [5, 5.41) is 4.61. The van der Waals surface area contributed by atoms with Crippen LogP contribution < -0.4 is 5.43 Å². The number of nitrogens with zero attached hydrogens (tertiary/aromatic N) is 2. The van der Waals surface area contributed by atoms with E-state index in [-0.39, 0.29) is 11.2 Å². The summed E-state index contributed by atoms with van der Waals surface area (Å²) in [6, 6.07) is 13.9.